The molecule has 1 amide bonds. The highest BCUT2D eigenvalue weighted by Crippen LogP contribution is 2.17. The number of ether oxygens (including phenoxy) is 1. The van der Waals surface area contributed by atoms with Crippen molar-refractivity contribution in [3.05, 3.63) is 59.7 Å². The Hall–Kier alpha value is -2.63. The summed E-state index contributed by atoms with van der Waals surface area (Å²) in [6.45, 7) is -2.55. The molecule has 2 aromatic rings. The second-order valence-electron chi connectivity index (χ2n) is 4.93. The number of phenolic OH excluding ortho intramolecular Hbond substituents is 1. The number of carbonyl (C=O) groups is 1. The molecule has 0 radical (unpaired) electrons. The zero-order chi connectivity index (χ0) is 16.7. The van der Waals surface area contributed by atoms with Crippen LogP contribution in [0.2, 0.25) is 0 Å². The summed E-state index contributed by atoms with van der Waals surface area (Å²) >= 11 is 0. The van der Waals surface area contributed by atoms with Crippen molar-refractivity contribution in [2.45, 2.75) is 26.0 Å². The molecule has 0 aliphatic heterocycles. The second kappa shape index (κ2) is 8.12. The third kappa shape index (κ3) is 5.58. The lowest BCUT2D eigenvalue weighted by atomic mass is 10.1. The fourth-order valence-corrected chi connectivity index (χ4v) is 2.05. The maximum atomic E-state index is 12.0. The van der Waals surface area contributed by atoms with Crippen molar-refractivity contribution in [3.63, 3.8) is 0 Å². The van der Waals surface area contributed by atoms with Gasteiger partial charge in [0.15, 0.2) is 0 Å². The zero-order valence-corrected chi connectivity index (χ0v) is 12.3. The first-order valence-electron chi connectivity index (χ1n) is 7.12. The molecule has 6 heteroatoms. The first-order valence-corrected chi connectivity index (χ1v) is 7.12. The highest BCUT2D eigenvalue weighted by molar-refractivity contribution is 5.76. The van der Waals surface area contributed by atoms with E-state index in [1.54, 1.807) is 36.4 Å². The minimum absolute atomic E-state index is 0.0784. The summed E-state index contributed by atoms with van der Waals surface area (Å²) < 4.78 is 28.3. The number of amides is 1. The molecule has 0 spiro atoms. The molecule has 23 heavy (non-hydrogen) atoms. The van der Waals surface area contributed by atoms with E-state index in [-0.39, 0.29) is 23.8 Å². The molecule has 2 N–H and O–H groups in total. The van der Waals surface area contributed by atoms with E-state index in [0.29, 0.717) is 13.0 Å². The molecule has 2 rings (SSSR count). The van der Waals surface area contributed by atoms with Gasteiger partial charge in [-0.25, -0.2) is 0 Å². The van der Waals surface area contributed by atoms with Crippen LogP contribution in [0.15, 0.2) is 48.5 Å². The van der Waals surface area contributed by atoms with E-state index < -0.39 is 6.61 Å². The van der Waals surface area contributed by atoms with Crippen LogP contribution in [0, 0.1) is 0 Å². The number of aromatic hydroxyl groups is 1. The summed E-state index contributed by atoms with van der Waals surface area (Å²) in [5.74, 6) is 0.103. The summed E-state index contributed by atoms with van der Waals surface area (Å²) in [5.41, 5.74) is 1.50. The van der Waals surface area contributed by atoms with Gasteiger partial charge in [-0.05, 0) is 35.7 Å². The fourth-order valence-electron chi connectivity index (χ4n) is 2.05. The maximum Gasteiger partial charge on any atom is 0.387 e. The van der Waals surface area contributed by atoms with Gasteiger partial charge >= 0.3 is 6.61 Å². The van der Waals surface area contributed by atoms with Crippen LogP contribution < -0.4 is 10.1 Å². The van der Waals surface area contributed by atoms with Crippen LogP contribution >= 0.6 is 0 Å². The van der Waals surface area contributed by atoms with Crippen LogP contribution in [0.5, 0.6) is 11.5 Å². The number of halogens is 2. The number of aryl methyl sites for hydroxylation is 1. The molecule has 0 atom stereocenters. The Morgan fingerprint density at radius 3 is 2.48 bits per heavy atom. The van der Waals surface area contributed by atoms with Crippen molar-refractivity contribution < 1.29 is 23.4 Å². The molecule has 0 bridgehead atoms. The van der Waals surface area contributed by atoms with Crippen LogP contribution in [0.25, 0.3) is 0 Å². The van der Waals surface area contributed by atoms with Gasteiger partial charge in [0.1, 0.15) is 11.5 Å². The van der Waals surface area contributed by atoms with Crippen molar-refractivity contribution in [1.82, 2.24) is 5.32 Å². The predicted molar refractivity (Wildman–Crippen MR) is 81.3 cm³/mol. The van der Waals surface area contributed by atoms with Crippen LogP contribution in [0.3, 0.4) is 0 Å². The average Bonchev–Trinajstić information content (AvgIpc) is 2.53. The molecule has 0 aromatic heterocycles. The van der Waals surface area contributed by atoms with Gasteiger partial charge in [-0.1, -0.05) is 30.3 Å². The van der Waals surface area contributed by atoms with E-state index in [2.05, 4.69) is 10.1 Å². The Morgan fingerprint density at radius 1 is 1.13 bits per heavy atom. The number of benzene rings is 2. The number of para-hydroxylation sites is 1. The number of rotatable bonds is 7. The molecule has 0 unspecified atom stereocenters. The Morgan fingerprint density at radius 2 is 1.83 bits per heavy atom. The normalized spacial score (nSPS) is 10.6. The van der Waals surface area contributed by atoms with Crippen LogP contribution in [0.4, 0.5) is 8.78 Å². The maximum absolute atomic E-state index is 12.0. The van der Waals surface area contributed by atoms with Gasteiger partial charge in [0.2, 0.25) is 5.91 Å². The number of nitrogens with one attached hydrogen (secondary N) is 1. The van der Waals surface area contributed by atoms with E-state index in [1.165, 1.54) is 12.1 Å². The minimum atomic E-state index is -2.85. The predicted octanol–water partition coefficient (Wildman–Crippen LogP) is 3.24. The Kier molecular flexibility index (Phi) is 5.91. The molecular weight excluding hydrogens is 304 g/mol. The van der Waals surface area contributed by atoms with Crippen LogP contribution in [-0.2, 0) is 17.8 Å². The van der Waals surface area contributed by atoms with Gasteiger partial charge < -0.3 is 15.2 Å². The summed E-state index contributed by atoms with van der Waals surface area (Å²) in [6, 6.07) is 12.9. The highest BCUT2D eigenvalue weighted by Gasteiger charge is 2.06. The molecular formula is C17H17F2NO3. The van der Waals surface area contributed by atoms with E-state index >= 15 is 0 Å². The van der Waals surface area contributed by atoms with E-state index in [0.717, 1.165) is 11.1 Å². The second-order valence-corrected chi connectivity index (χ2v) is 4.93. The average molecular weight is 321 g/mol. The largest absolute Gasteiger partial charge is 0.508 e. The third-order valence-corrected chi connectivity index (χ3v) is 3.25. The lowest BCUT2D eigenvalue weighted by Gasteiger charge is -2.08. The Balaban J connectivity index is 1.77. The summed E-state index contributed by atoms with van der Waals surface area (Å²) in [6.07, 6.45) is 0.698. The summed E-state index contributed by atoms with van der Waals surface area (Å²) in [4.78, 5) is 11.8. The standard InChI is InChI=1S/C17H17F2NO3/c18-17(19)23-14-8-5-12(6-9-14)11-20-16(22)10-7-13-3-1-2-4-15(13)21/h1-6,8-9,17,21H,7,10-11H2,(H,20,22). The van der Waals surface area contributed by atoms with Crippen LogP contribution in [-0.4, -0.2) is 17.6 Å². The van der Waals surface area contributed by atoms with Gasteiger partial charge in [-0.15, -0.1) is 0 Å². The van der Waals surface area contributed by atoms with E-state index in [9.17, 15) is 18.7 Å². The minimum Gasteiger partial charge on any atom is -0.508 e. The number of hydrogen-bond donors (Lipinski definition) is 2. The molecule has 0 saturated carbocycles. The number of hydrogen-bond acceptors (Lipinski definition) is 3. The molecule has 0 aliphatic carbocycles. The van der Waals surface area contributed by atoms with E-state index in [1.807, 2.05) is 0 Å². The molecule has 0 saturated heterocycles. The number of phenols is 1. The number of carbonyl (C=O) groups excluding carboxylic acids is 1. The zero-order valence-electron chi connectivity index (χ0n) is 12.3. The lowest BCUT2D eigenvalue weighted by Crippen LogP contribution is -2.23. The molecule has 0 heterocycles. The van der Waals surface area contributed by atoms with Gasteiger partial charge in [0.05, 0.1) is 0 Å². The molecule has 4 nitrogen and oxygen atoms in total. The van der Waals surface area contributed by atoms with Crippen molar-refractivity contribution in [2.75, 3.05) is 0 Å². The molecule has 0 fully saturated rings. The first kappa shape index (κ1) is 16.7. The third-order valence-electron chi connectivity index (χ3n) is 3.25. The van der Waals surface area contributed by atoms with Gasteiger partial charge in [-0.3, -0.25) is 4.79 Å². The lowest BCUT2D eigenvalue weighted by molar-refractivity contribution is -0.121. The fraction of sp³-hybridized carbons (Fsp3) is 0.235. The van der Waals surface area contributed by atoms with Crippen molar-refractivity contribution in [1.29, 1.82) is 0 Å². The van der Waals surface area contributed by atoms with E-state index in [4.69, 9.17) is 0 Å². The van der Waals surface area contributed by atoms with Crippen molar-refractivity contribution in [2.24, 2.45) is 0 Å². The number of alkyl halides is 2. The highest BCUT2D eigenvalue weighted by atomic mass is 19.3. The molecule has 0 aliphatic rings. The first-order chi connectivity index (χ1) is 11.0. The monoisotopic (exact) mass is 321 g/mol. The van der Waals surface area contributed by atoms with Gasteiger partial charge in [0.25, 0.3) is 0 Å². The Bertz CT molecular complexity index is 645. The molecule has 122 valence electrons. The Labute approximate surface area is 132 Å². The topological polar surface area (TPSA) is 58.6 Å². The van der Waals surface area contributed by atoms with Crippen LogP contribution in [0.1, 0.15) is 17.5 Å². The van der Waals surface area contributed by atoms with Crippen molar-refractivity contribution >= 4 is 5.91 Å². The quantitative estimate of drug-likeness (QED) is 0.823. The van der Waals surface area contributed by atoms with Crippen molar-refractivity contribution in [3.8, 4) is 11.5 Å². The van der Waals surface area contributed by atoms with Gasteiger partial charge in [0, 0.05) is 13.0 Å². The summed E-state index contributed by atoms with van der Waals surface area (Å²) in [5, 5.41) is 12.4. The summed E-state index contributed by atoms with van der Waals surface area (Å²) in [7, 11) is 0. The van der Waals surface area contributed by atoms with Gasteiger partial charge in [-0.2, -0.15) is 8.78 Å². The SMILES string of the molecule is O=C(CCc1ccccc1O)NCc1ccc(OC(F)F)cc1. The molecule has 2 aromatic carbocycles. The smallest absolute Gasteiger partial charge is 0.387 e.